The van der Waals surface area contributed by atoms with Crippen molar-refractivity contribution in [1.29, 1.82) is 0 Å². The largest absolute Gasteiger partial charge is 0.504 e. The van der Waals surface area contributed by atoms with Crippen LogP contribution in [0.3, 0.4) is 0 Å². The number of carbonyl (C=O) groups is 1. The summed E-state index contributed by atoms with van der Waals surface area (Å²) in [5, 5.41) is 12.7. The predicted molar refractivity (Wildman–Crippen MR) is 104 cm³/mol. The standard InChI is InChI=1S/C17H24N2O4S2/c1-4-24-17(25-5-2)13-7-6-8-19(13)16(21)11-9-15(23-3)14(20)10-12(11)18-22/h9-10,13,17,20H,4-8H2,1-3H3/t13-/m0/s1. The zero-order valence-electron chi connectivity index (χ0n) is 14.7. The van der Waals surface area contributed by atoms with Crippen LogP contribution in [0.1, 0.15) is 37.0 Å². The summed E-state index contributed by atoms with van der Waals surface area (Å²) in [5.41, 5.74) is 0.120. The molecular formula is C17H24N2O4S2. The van der Waals surface area contributed by atoms with Gasteiger partial charge in [0.1, 0.15) is 5.69 Å². The highest BCUT2D eigenvalue weighted by Gasteiger charge is 2.36. The number of hydrogen-bond donors (Lipinski definition) is 1. The zero-order valence-corrected chi connectivity index (χ0v) is 16.4. The van der Waals surface area contributed by atoms with E-state index in [1.165, 1.54) is 19.2 Å². The van der Waals surface area contributed by atoms with Crippen molar-refractivity contribution in [2.24, 2.45) is 5.18 Å². The monoisotopic (exact) mass is 384 g/mol. The van der Waals surface area contributed by atoms with Crippen molar-refractivity contribution in [1.82, 2.24) is 4.90 Å². The molecule has 0 aliphatic carbocycles. The Balaban J connectivity index is 2.33. The second kappa shape index (κ2) is 9.33. The number of benzene rings is 1. The van der Waals surface area contributed by atoms with Crippen LogP contribution in [0.5, 0.6) is 11.5 Å². The third-order valence-electron chi connectivity index (χ3n) is 4.16. The minimum absolute atomic E-state index is 0.0585. The Morgan fingerprint density at radius 3 is 2.64 bits per heavy atom. The maximum absolute atomic E-state index is 13.1. The minimum atomic E-state index is -0.228. The lowest BCUT2D eigenvalue weighted by Gasteiger charge is -2.31. The van der Waals surface area contributed by atoms with Crippen LogP contribution in [-0.2, 0) is 0 Å². The number of aromatic hydroxyl groups is 1. The summed E-state index contributed by atoms with van der Waals surface area (Å²) in [6.45, 7) is 4.90. The highest BCUT2D eigenvalue weighted by molar-refractivity contribution is 8.17. The van der Waals surface area contributed by atoms with Crippen molar-refractivity contribution < 1.29 is 14.6 Å². The van der Waals surface area contributed by atoms with E-state index in [0.29, 0.717) is 11.1 Å². The summed E-state index contributed by atoms with van der Waals surface area (Å²) in [6.07, 6.45) is 1.90. The lowest BCUT2D eigenvalue weighted by atomic mass is 10.1. The fourth-order valence-electron chi connectivity index (χ4n) is 3.05. The molecule has 25 heavy (non-hydrogen) atoms. The number of amides is 1. The van der Waals surface area contributed by atoms with Gasteiger partial charge in [0.2, 0.25) is 0 Å². The van der Waals surface area contributed by atoms with Crippen LogP contribution in [0.25, 0.3) is 0 Å². The Hall–Kier alpha value is -1.41. The molecule has 1 aromatic rings. The van der Waals surface area contributed by atoms with E-state index in [-0.39, 0.29) is 34.7 Å². The van der Waals surface area contributed by atoms with Crippen molar-refractivity contribution in [2.75, 3.05) is 25.2 Å². The van der Waals surface area contributed by atoms with Crippen molar-refractivity contribution in [2.45, 2.75) is 37.3 Å². The van der Waals surface area contributed by atoms with E-state index in [9.17, 15) is 14.8 Å². The lowest BCUT2D eigenvalue weighted by molar-refractivity contribution is 0.0746. The number of nitroso groups, excluding NO2 is 1. The summed E-state index contributed by atoms with van der Waals surface area (Å²) in [4.78, 5) is 26.1. The van der Waals surface area contributed by atoms with Gasteiger partial charge in [-0.3, -0.25) is 4.79 Å². The molecule has 0 aromatic heterocycles. The molecule has 1 N–H and O–H groups in total. The molecule has 1 heterocycles. The van der Waals surface area contributed by atoms with Gasteiger partial charge < -0.3 is 14.7 Å². The molecule has 0 unspecified atom stereocenters. The van der Waals surface area contributed by atoms with Crippen molar-refractivity contribution >= 4 is 35.1 Å². The molecule has 138 valence electrons. The number of nitrogens with zero attached hydrogens (tertiary/aromatic N) is 2. The predicted octanol–water partition coefficient (Wildman–Crippen LogP) is 4.24. The molecule has 1 saturated heterocycles. The summed E-state index contributed by atoms with van der Waals surface area (Å²) in [7, 11) is 1.40. The van der Waals surface area contributed by atoms with Gasteiger partial charge in [-0.25, -0.2) is 0 Å². The average molecular weight is 385 g/mol. The highest BCUT2D eigenvalue weighted by atomic mass is 32.2. The number of hydrogen-bond acceptors (Lipinski definition) is 7. The molecule has 1 amide bonds. The van der Waals surface area contributed by atoms with Crippen LogP contribution in [0, 0.1) is 4.91 Å². The van der Waals surface area contributed by atoms with Gasteiger partial charge in [0, 0.05) is 12.6 Å². The van der Waals surface area contributed by atoms with E-state index in [1.807, 2.05) is 28.4 Å². The molecular weight excluding hydrogens is 360 g/mol. The highest BCUT2D eigenvalue weighted by Crippen LogP contribution is 2.38. The number of phenolic OH excluding ortho intramolecular Hbond substituents is 1. The van der Waals surface area contributed by atoms with Crippen molar-refractivity contribution in [3.63, 3.8) is 0 Å². The quantitative estimate of drug-likeness (QED) is 0.533. The van der Waals surface area contributed by atoms with E-state index in [0.717, 1.165) is 24.3 Å². The van der Waals surface area contributed by atoms with Crippen molar-refractivity contribution in [3.8, 4) is 11.5 Å². The first-order valence-corrected chi connectivity index (χ1v) is 10.5. The fraction of sp³-hybridized carbons (Fsp3) is 0.588. The second-order valence-corrected chi connectivity index (χ2v) is 8.76. The average Bonchev–Trinajstić information content (AvgIpc) is 3.10. The Labute approximate surface area is 156 Å². The van der Waals surface area contributed by atoms with Crippen LogP contribution in [0.2, 0.25) is 0 Å². The van der Waals surface area contributed by atoms with E-state index >= 15 is 0 Å². The Morgan fingerprint density at radius 2 is 2.08 bits per heavy atom. The molecule has 8 heteroatoms. The maximum Gasteiger partial charge on any atom is 0.256 e. The van der Waals surface area contributed by atoms with Gasteiger partial charge in [-0.05, 0) is 35.6 Å². The molecule has 0 bridgehead atoms. The van der Waals surface area contributed by atoms with Gasteiger partial charge >= 0.3 is 0 Å². The molecule has 2 rings (SSSR count). The molecule has 1 atom stereocenters. The summed E-state index contributed by atoms with van der Waals surface area (Å²) >= 11 is 3.71. The molecule has 1 fully saturated rings. The number of rotatable bonds is 8. The summed E-state index contributed by atoms with van der Waals surface area (Å²) in [5.74, 6) is 1.71. The van der Waals surface area contributed by atoms with Gasteiger partial charge in [0.25, 0.3) is 5.91 Å². The van der Waals surface area contributed by atoms with E-state index in [4.69, 9.17) is 4.74 Å². The maximum atomic E-state index is 13.1. The molecule has 1 aromatic carbocycles. The van der Waals surface area contributed by atoms with Crippen LogP contribution >= 0.6 is 23.5 Å². The minimum Gasteiger partial charge on any atom is -0.504 e. The zero-order chi connectivity index (χ0) is 18.4. The smallest absolute Gasteiger partial charge is 0.256 e. The SMILES string of the molecule is CCSC(SCC)[C@@H]1CCCN1C(=O)c1cc(OC)c(O)cc1N=O. The number of methoxy groups -OCH3 is 1. The number of ether oxygens (including phenoxy) is 1. The van der Waals surface area contributed by atoms with Gasteiger partial charge in [-0.1, -0.05) is 13.8 Å². The molecule has 0 saturated carbocycles. The number of phenols is 1. The van der Waals surface area contributed by atoms with Crippen LogP contribution < -0.4 is 4.74 Å². The number of carbonyl (C=O) groups excluding carboxylic acids is 1. The molecule has 0 radical (unpaired) electrons. The van der Waals surface area contributed by atoms with E-state index < -0.39 is 0 Å². The summed E-state index contributed by atoms with van der Waals surface area (Å²) < 4.78 is 5.39. The molecule has 0 spiro atoms. The summed E-state index contributed by atoms with van der Waals surface area (Å²) in [6, 6.07) is 2.71. The van der Waals surface area contributed by atoms with E-state index in [1.54, 1.807) is 0 Å². The molecule has 6 nitrogen and oxygen atoms in total. The van der Waals surface area contributed by atoms with Gasteiger partial charge in [0.05, 0.1) is 23.3 Å². The molecule has 1 aliphatic rings. The number of likely N-dealkylation sites (tertiary alicyclic amines) is 1. The van der Waals surface area contributed by atoms with Gasteiger partial charge in [-0.15, -0.1) is 28.4 Å². The first-order chi connectivity index (χ1) is 12.1. The number of thioether (sulfide) groups is 2. The topological polar surface area (TPSA) is 79.2 Å². The fourth-order valence-corrected chi connectivity index (χ4v) is 5.92. The van der Waals surface area contributed by atoms with Crippen molar-refractivity contribution in [3.05, 3.63) is 22.6 Å². The molecule has 1 aliphatic heterocycles. The van der Waals surface area contributed by atoms with Crippen LogP contribution in [-0.4, -0.2) is 51.7 Å². The van der Waals surface area contributed by atoms with Crippen LogP contribution in [0.4, 0.5) is 5.69 Å². The first-order valence-electron chi connectivity index (χ1n) is 8.35. The second-order valence-electron chi connectivity index (χ2n) is 5.62. The van der Waals surface area contributed by atoms with Crippen LogP contribution in [0.15, 0.2) is 17.3 Å². The van der Waals surface area contributed by atoms with Gasteiger partial charge in [-0.2, -0.15) is 0 Å². The Bertz CT molecular complexity index is 621. The first kappa shape index (κ1) is 19.9. The normalized spacial score (nSPS) is 17.1. The third kappa shape index (κ3) is 4.41. The van der Waals surface area contributed by atoms with E-state index in [2.05, 4.69) is 19.0 Å². The van der Waals surface area contributed by atoms with Gasteiger partial charge in [0.15, 0.2) is 11.5 Å². The third-order valence-corrected chi connectivity index (χ3v) is 6.93. The lowest BCUT2D eigenvalue weighted by Crippen LogP contribution is -2.40. The Kier molecular flexibility index (Phi) is 7.43. The Morgan fingerprint density at radius 1 is 1.40 bits per heavy atom.